The predicted octanol–water partition coefficient (Wildman–Crippen LogP) is 4.97. The largest absolute Gasteiger partial charge is 0.490 e. The summed E-state index contributed by atoms with van der Waals surface area (Å²) in [5.74, 6) is 0.384. The lowest BCUT2D eigenvalue weighted by Gasteiger charge is -2.22. The monoisotopic (exact) mass is 800 g/mol. The second kappa shape index (κ2) is 19.8. The van der Waals surface area contributed by atoms with Gasteiger partial charge in [0.05, 0.1) is 17.3 Å². The molecule has 4 aromatic rings. The highest BCUT2D eigenvalue weighted by molar-refractivity contribution is 7.98. The van der Waals surface area contributed by atoms with Gasteiger partial charge >= 0.3 is 5.97 Å². The fourth-order valence-electron chi connectivity index (χ4n) is 5.73. The molecule has 2 unspecified atom stereocenters. The molecule has 0 radical (unpaired) electrons. The number of guanidine groups is 1. The molecule has 5 rings (SSSR count). The number of ether oxygens (including phenoxy) is 2. The number of nitrogens with one attached hydrogen (secondary N) is 1. The Morgan fingerprint density at radius 1 is 1.04 bits per heavy atom. The minimum atomic E-state index is -0.915. The molecule has 2 atom stereocenters. The highest BCUT2D eigenvalue weighted by Crippen LogP contribution is 2.40. The number of anilines is 1. The number of thioether (sulfide) groups is 1. The molecule has 1 aliphatic rings. The second-order valence-electron chi connectivity index (χ2n) is 12.5. The zero-order valence-corrected chi connectivity index (χ0v) is 32.6. The normalized spacial score (nSPS) is 13.3. The summed E-state index contributed by atoms with van der Waals surface area (Å²) in [7, 11) is 0. The number of halogens is 1. The van der Waals surface area contributed by atoms with Crippen LogP contribution in [0.15, 0.2) is 63.9 Å². The number of aliphatic imine (C=N–C) groups is 1. The van der Waals surface area contributed by atoms with Crippen molar-refractivity contribution in [3.8, 4) is 39.6 Å². The molecular weight excluding hydrogens is 760 g/mol. The Morgan fingerprint density at radius 3 is 2.40 bits per heavy atom. The fraction of sp³-hybridized carbons (Fsp3) is 0.342. The Balaban J connectivity index is 1.23. The summed E-state index contributed by atoms with van der Waals surface area (Å²) < 4.78 is 11.1. The van der Waals surface area contributed by atoms with Crippen molar-refractivity contribution in [1.29, 1.82) is 10.5 Å². The van der Waals surface area contributed by atoms with E-state index in [9.17, 15) is 20.1 Å². The van der Waals surface area contributed by atoms with Crippen LogP contribution in [0.3, 0.4) is 0 Å². The first kappa shape index (κ1) is 40.8. The topological polar surface area (TPSA) is 232 Å². The lowest BCUT2D eigenvalue weighted by Crippen LogP contribution is -2.47. The quantitative estimate of drug-likeness (QED) is 0.0364. The van der Waals surface area contributed by atoms with Crippen LogP contribution in [-0.4, -0.2) is 72.7 Å². The van der Waals surface area contributed by atoms with E-state index in [0.29, 0.717) is 69.0 Å². The Hall–Kier alpha value is -5.39. The molecule has 55 heavy (non-hydrogen) atoms. The molecule has 14 nitrogen and oxygen atoms in total. The van der Waals surface area contributed by atoms with Gasteiger partial charge in [0.25, 0.3) is 0 Å². The summed E-state index contributed by atoms with van der Waals surface area (Å²) in [6.07, 6.45) is 2.82. The van der Waals surface area contributed by atoms with Crippen LogP contribution in [-0.2, 0) is 20.1 Å². The number of hydrogen-bond acceptors (Lipinski definition) is 13. The SMILES string of the molecule is CC(NC(=O)C(N)CCCN=C(N)N)C(=O)OCCOc1ccc(-c2c(C#N)c(SCc3csc(-c4ccc(Cl)cc4)n3)nc(N3CCCC3)c2C#N)cc1. The Morgan fingerprint density at radius 2 is 1.73 bits per heavy atom. The third kappa shape index (κ3) is 11.1. The van der Waals surface area contributed by atoms with E-state index in [1.165, 1.54) is 30.0 Å². The first-order valence-corrected chi connectivity index (χ1v) is 19.8. The van der Waals surface area contributed by atoms with E-state index >= 15 is 0 Å². The number of nitriles is 2. The first-order chi connectivity index (χ1) is 26.6. The summed E-state index contributed by atoms with van der Waals surface area (Å²) in [4.78, 5) is 40.5. The Kier molecular flexibility index (Phi) is 14.7. The molecule has 3 heterocycles. The van der Waals surface area contributed by atoms with Crippen molar-refractivity contribution in [2.45, 2.75) is 55.5 Å². The van der Waals surface area contributed by atoms with Crippen molar-refractivity contribution in [2.24, 2.45) is 22.2 Å². The van der Waals surface area contributed by atoms with Crippen molar-refractivity contribution in [3.05, 3.63) is 75.8 Å². The zero-order chi connectivity index (χ0) is 39.3. The smallest absolute Gasteiger partial charge is 0.328 e. The maximum Gasteiger partial charge on any atom is 0.328 e. The molecule has 2 aromatic heterocycles. The molecule has 1 fully saturated rings. The van der Waals surface area contributed by atoms with Gasteiger partial charge in [-0.1, -0.05) is 47.6 Å². The van der Waals surface area contributed by atoms with Crippen LogP contribution in [0.1, 0.15) is 49.4 Å². The zero-order valence-electron chi connectivity index (χ0n) is 30.2. The Labute approximate surface area is 332 Å². The number of aromatic nitrogens is 2. The molecule has 1 aliphatic heterocycles. The van der Waals surface area contributed by atoms with Gasteiger partial charge < -0.3 is 36.9 Å². The molecule has 0 saturated carbocycles. The third-order valence-corrected chi connectivity index (χ3v) is 10.7. The second-order valence-corrected chi connectivity index (χ2v) is 14.8. The van der Waals surface area contributed by atoms with E-state index < -0.39 is 24.0 Å². The van der Waals surface area contributed by atoms with Gasteiger partial charge in [0.1, 0.15) is 58.6 Å². The number of thiazole rings is 1. The summed E-state index contributed by atoms with van der Waals surface area (Å²) in [6, 6.07) is 17.5. The number of nitrogens with two attached hydrogens (primary N) is 3. The van der Waals surface area contributed by atoms with Gasteiger partial charge in [0.15, 0.2) is 5.96 Å². The van der Waals surface area contributed by atoms with Crippen LogP contribution in [0.2, 0.25) is 5.02 Å². The summed E-state index contributed by atoms with van der Waals surface area (Å²) in [6.45, 7) is 3.38. The summed E-state index contributed by atoms with van der Waals surface area (Å²) in [5.41, 5.74) is 20.1. The molecule has 286 valence electrons. The van der Waals surface area contributed by atoms with Crippen LogP contribution in [0.4, 0.5) is 5.82 Å². The number of amides is 1. The number of pyridine rings is 1. The molecular formula is C38H41ClN10O4S2. The van der Waals surface area contributed by atoms with E-state index in [0.717, 1.165) is 42.2 Å². The maximum atomic E-state index is 12.5. The number of esters is 1. The number of hydrogen-bond donors (Lipinski definition) is 4. The maximum absolute atomic E-state index is 12.5. The number of rotatable bonds is 17. The van der Waals surface area contributed by atoms with Crippen molar-refractivity contribution >= 4 is 58.4 Å². The summed E-state index contributed by atoms with van der Waals surface area (Å²) in [5, 5.41) is 27.5. The lowest BCUT2D eigenvalue weighted by molar-refractivity contribution is -0.148. The third-order valence-electron chi connectivity index (χ3n) is 8.53. The van der Waals surface area contributed by atoms with Gasteiger partial charge in [-0.15, -0.1) is 11.3 Å². The Bertz CT molecular complexity index is 2070. The molecule has 0 aliphatic carbocycles. The highest BCUT2D eigenvalue weighted by atomic mass is 35.5. The average Bonchev–Trinajstić information content (AvgIpc) is 3.90. The number of carbonyl (C=O) groups is 2. The van der Waals surface area contributed by atoms with Gasteiger partial charge in [-0.05, 0) is 62.4 Å². The molecule has 1 saturated heterocycles. The minimum absolute atomic E-state index is 0.0341. The van der Waals surface area contributed by atoms with Gasteiger partial charge in [0, 0.05) is 46.9 Å². The van der Waals surface area contributed by atoms with Crippen molar-refractivity contribution < 1.29 is 19.1 Å². The fourth-order valence-corrected chi connectivity index (χ4v) is 7.66. The molecule has 1 amide bonds. The van der Waals surface area contributed by atoms with Gasteiger partial charge in [-0.3, -0.25) is 9.79 Å². The van der Waals surface area contributed by atoms with Gasteiger partial charge in [0.2, 0.25) is 5.91 Å². The van der Waals surface area contributed by atoms with Crippen LogP contribution in [0.25, 0.3) is 21.7 Å². The van der Waals surface area contributed by atoms with E-state index in [1.807, 2.05) is 29.6 Å². The van der Waals surface area contributed by atoms with Crippen LogP contribution < -0.4 is 32.2 Å². The molecule has 17 heteroatoms. The standard InChI is InChI=1S/C38H41ClN10O4S2/c1-23(46-34(50)31(42)5-4-14-45-38(43)44)37(51)53-18-17-52-28-12-8-24(9-13-28)32-29(19-40)33(49-15-2-3-16-49)48-36(30(32)20-41)55-22-27-21-54-35(47-27)25-6-10-26(39)11-7-25/h6-13,21,23,31H,2-5,14-18,22,42H2,1H3,(H,46,50)(H4,43,44,45). The summed E-state index contributed by atoms with van der Waals surface area (Å²) >= 11 is 9.00. The number of carbonyl (C=O) groups excluding carboxylic acids is 2. The molecule has 2 aromatic carbocycles. The van der Waals surface area contributed by atoms with Gasteiger partial charge in [-0.2, -0.15) is 10.5 Å². The van der Waals surface area contributed by atoms with Gasteiger partial charge in [-0.25, -0.2) is 14.8 Å². The van der Waals surface area contributed by atoms with Crippen molar-refractivity contribution in [1.82, 2.24) is 15.3 Å². The molecule has 0 spiro atoms. The predicted molar refractivity (Wildman–Crippen MR) is 215 cm³/mol. The average molecular weight is 801 g/mol. The number of benzene rings is 2. The van der Waals surface area contributed by atoms with E-state index in [-0.39, 0.29) is 19.2 Å². The van der Waals surface area contributed by atoms with E-state index in [4.69, 9.17) is 48.2 Å². The van der Waals surface area contributed by atoms with E-state index in [2.05, 4.69) is 27.3 Å². The lowest BCUT2D eigenvalue weighted by atomic mass is 9.96. The van der Waals surface area contributed by atoms with Crippen LogP contribution >= 0.6 is 34.7 Å². The van der Waals surface area contributed by atoms with Crippen LogP contribution in [0.5, 0.6) is 5.75 Å². The van der Waals surface area contributed by atoms with Crippen LogP contribution in [0, 0.1) is 22.7 Å². The number of nitrogens with zero attached hydrogens (tertiary/aromatic N) is 6. The molecule has 0 bridgehead atoms. The van der Waals surface area contributed by atoms with E-state index in [1.54, 1.807) is 24.3 Å². The van der Waals surface area contributed by atoms with Crippen molar-refractivity contribution in [3.63, 3.8) is 0 Å². The first-order valence-electron chi connectivity index (χ1n) is 17.6. The molecule has 7 N–H and O–H groups in total. The highest BCUT2D eigenvalue weighted by Gasteiger charge is 2.27. The minimum Gasteiger partial charge on any atom is -0.490 e. The van der Waals surface area contributed by atoms with Crippen molar-refractivity contribution in [2.75, 3.05) is 37.7 Å².